The molecule has 0 bridgehead atoms. The van der Waals surface area contributed by atoms with Crippen LogP contribution in [-0.4, -0.2) is 34.7 Å². The minimum absolute atomic E-state index is 0.117. The molecule has 2 rings (SSSR count). The first-order valence-electron chi connectivity index (χ1n) is 9.26. The predicted octanol–water partition coefficient (Wildman–Crippen LogP) is 3.52. The Kier molecular flexibility index (Phi) is 7.16. The van der Waals surface area contributed by atoms with Gasteiger partial charge in [-0.05, 0) is 51.0 Å². The zero-order valence-corrected chi connectivity index (χ0v) is 16.7. The van der Waals surface area contributed by atoms with Crippen molar-refractivity contribution in [3.05, 3.63) is 46.8 Å². The summed E-state index contributed by atoms with van der Waals surface area (Å²) in [6.45, 7) is 11.1. The average Bonchev–Trinajstić information content (AvgIpc) is 2.87. The van der Waals surface area contributed by atoms with Crippen LogP contribution in [0.1, 0.15) is 48.1 Å². The number of aryl methyl sites for hydroxylation is 1. The summed E-state index contributed by atoms with van der Waals surface area (Å²) in [5.41, 5.74) is 3.15. The third kappa shape index (κ3) is 5.67. The number of ether oxygens (including phenoxy) is 2. The number of Topliss-reactive ketones (excluding diaryl/α,β-unsaturated/α-hetero) is 1. The van der Waals surface area contributed by atoms with Crippen LogP contribution in [0.4, 0.5) is 0 Å². The molecule has 0 aliphatic carbocycles. The molecule has 0 unspecified atom stereocenters. The van der Waals surface area contributed by atoms with Crippen LogP contribution in [0.5, 0.6) is 5.75 Å². The molecule has 0 amide bonds. The van der Waals surface area contributed by atoms with Crippen LogP contribution in [0.2, 0.25) is 0 Å². The summed E-state index contributed by atoms with van der Waals surface area (Å²) in [7, 11) is 0. The summed E-state index contributed by atoms with van der Waals surface area (Å²) < 4.78 is 12.5. The first-order chi connectivity index (χ1) is 12.8. The molecule has 0 N–H and O–H groups in total. The molecule has 6 nitrogen and oxygen atoms in total. The molecule has 0 aliphatic rings. The Balaban J connectivity index is 1.92. The lowest BCUT2D eigenvalue weighted by Gasteiger charge is -2.08. The normalized spacial score (nSPS) is 10.9. The van der Waals surface area contributed by atoms with Crippen LogP contribution in [0, 0.1) is 19.8 Å². The van der Waals surface area contributed by atoms with Gasteiger partial charge in [-0.25, -0.2) is 0 Å². The van der Waals surface area contributed by atoms with Crippen molar-refractivity contribution in [1.82, 2.24) is 9.78 Å². The molecule has 0 aliphatic heterocycles. The zero-order chi connectivity index (χ0) is 20.0. The van der Waals surface area contributed by atoms with E-state index < -0.39 is 5.97 Å². The second kappa shape index (κ2) is 9.35. The largest absolute Gasteiger partial charge is 0.494 e. The quantitative estimate of drug-likeness (QED) is 0.497. The fourth-order valence-electron chi connectivity index (χ4n) is 2.84. The minimum atomic E-state index is -0.426. The highest BCUT2D eigenvalue weighted by Crippen LogP contribution is 2.16. The van der Waals surface area contributed by atoms with Gasteiger partial charge in [0.2, 0.25) is 0 Å². The fraction of sp³-hybridized carbons (Fsp3) is 0.476. The second-order valence-corrected chi connectivity index (χ2v) is 6.94. The number of nitrogens with zero attached hydrogens (tertiary/aromatic N) is 2. The van der Waals surface area contributed by atoms with Gasteiger partial charge in [-0.2, -0.15) is 5.10 Å². The Labute approximate surface area is 160 Å². The lowest BCUT2D eigenvalue weighted by Crippen LogP contribution is -2.16. The molecule has 2 aromatic rings. The highest BCUT2D eigenvalue weighted by molar-refractivity contribution is 5.98. The lowest BCUT2D eigenvalue weighted by atomic mass is 10.1. The van der Waals surface area contributed by atoms with Gasteiger partial charge in [-0.3, -0.25) is 14.3 Å². The van der Waals surface area contributed by atoms with Gasteiger partial charge in [0, 0.05) is 23.4 Å². The zero-order valence-electron chi connectivity index (χ0n) is 16.7. The number of carbonyl (C=O) groups excluding carboxylic acids is 2. The molecule has 1 heterocycles. The smallest absolute Gasteiger partial charge is 0.310 e. The van der Waals surface area contributed by atoms with Crippen molar-refractivity contribution >= 4 is 11.8 Å². The van der Waals surface area contributed by atoms with E-state index in [-0.39, 0.29) is 18.8 Å². The molecular weight excluding hydrogens is 344 g/mol. The number of benzene rings is 1. The topological polar surface area (TPSA) is 70.4 Å². The van der Waals surface area contributed by atoms with Gasteiger partial charge in [-0.15, -0.1) is 0 Å². The van der Waals surface area contributed by atoms with E-state index in [4.69, 9.17) is 9.47 Å². The van der Waals surface area contributed by atoms with Gasteiger partial charge >= 0.3 is 5.97 Å². The number of carbonyl (C=O) groups is 2. The molecule has 27 heavy (non-hydrogen) atoms. The van der Waals surface area contributed by atoms with Gasteiger partial charge in [0.25, 0.3) is 0 Å². The maximum atomic E-state index is 12.2. The molecule has 0 fully saturated rings. The van der Waals surface area contributed by atoms with Crippen molar-refractivity contribution in [2.45, 2.75) is 47.6 Å². The maximum Gasteiger partial charge on any atom is 0.310 e. The number of aromatic nitrogens is 2. The van der Waals surface area contributed by atoms with Gasteiger partial charge in [0.1, 0.15) is 5.75 Å². The van der Waals surface area contributed by atoms with E-state index in [0.717, 1.165) is 23.5 Å². The Morgan fingerprint density at radius 3 is 2.41 bits per heavy atom. The molecule has 0 saturated heterocycles. The highest BCUT2D eigenvalue weighted by Gasteiger charge is 2.17. The summed E-state index contributed by atoms with van der Waals surface area (Å²) >= 11 is 0. The monoisotopic (exact) mass is 372 g/mol. The van der Waals surface area contributed by atoms with Crippen molar-refractivity contribution in [1.29, 1.82) is 0 Å². The Bertz CT molecular complexity index is 791. The Hall–Kier alpha value is -2.63. The fourth-order valence-corrected chi connectivity index (χ4v) is 2.84. The van der Waals surface area contributed by atoms with Crippen LogP contribution in [0.3, 0.4) is 0 Å². The summed E-state index contributed by atoms with van der Waals surface area (Å²) in [6.07, 6.45) is 0.117. The van der Waals surface area contributed by atoms with Gasteiger partial charge in [-0.1, -0.05) is 13.8 Å². The van der Waals surface area contributed by atoms with Crippen molar-refractivity contribution in [3.63, 3.8) is 0 Å². The first-order valence-corrected chi connectivity index (χ1v) is 9.26. The van der Waals surface area contributed by atoms with Gasteiger partial charge in [0.05, 0.1) is 18.7 Å². The summed E-state index contributed by atoms with van der Waals surface area (Å²) in [5.74, 6) is 0.505. The average molecular weight is 372 g/mol. The molecular formula is C21H28N2O4. The lowest BCUT2D eigenvalue weighted by molar-refractivity contribution is -0.141. The number of esters is 1. The molecule has 0 saturated carbocycles. The summed E-state index contributed by atoms with van der Waals surface area (Å²) in [5, 5.41) is 4.50. The van der Waals surface area contributed by atoms with Crippen molar-refractivity contribution in [3.8, 4) is 5.75 Å². The van der Waals surface area contributed by atoms with E-state index in [1.54, 1.807) is 24.3 Å². The second-order valence-electron chi connectivity index (χ2n) is 6.94. The summed E-state index contributed by atoms with van der Waals surface area (Å²) in [4.78, 5) is 24.4. The third-order valence-corrected chi connectivity index (χ3v) is 4.24. The molecule has 1 aromatic carbocycles. The third-order valence-electron chi connectivity index (χ3n) is 4.24. The van der Waals surface area contributed by atoms with E-state index in [2.05, 4.69) is 18.9 Å². The van der Waals surface area contributed by atoms with E-state index >= 15 is 0 Å². The maximum absolute atomic E-state index is 12.2. The Morgan fingerprint density at radius 2 is 1.81 bits per heavy atom. The van der Waals surface area contributed by atoms with E-state index in [0.29, 0.717) is 23.8 Å². The van der Waals surface area contributed by atoms with E-state index in [9.17, 15) is 9.59 Å². The van der Waals surface area contributed by atoms with Crippen LogP contribution in [-0.2, 0) is 22.5 Å². The van der Waals surface area contributed by atoms with Crippen LogP contribution in [0.25, 0.3) is 0 Å². The van der Waals surface area contributed by atoms with Crippen molar-refractivity contribution in [2.75, 3.05) is 13.2 Å². The highest BCUT2D eigenvalue weighted by atomic mass is 16.5. The number of rotatable bonds is 9. The SMILES string of the molecule is CCOc1ccc(C(=O)COC(=O)Cc2c(C)nn(CC(C)C)c2C)cc1. The van der Waals surface area contributed by atoms with Crippen molar-refractivity contribution < 1.29 is 19.1 Å². The number of hydrogen-bond acceptors (Lipinski definition) is 5. The molecule has 0 radical (unpaired) electrons. The van der Waals surface area contributed by atoms with Gasteiger partial charge in [0.15, 0.2) is 12.4 Å². The number of hydrogen-bond donors (Lipinski definition) is 0. The number of ketones is 1. The van der Waals surface area contributed by atoms with E-state index in [1.807, 2.05) is 25.5 Å². The molecule has 6 heteroatoms. The van der Waals surface area contributed by atoms with Crippen LogP contribution in [0.15, 0.2) is 24.3 Å². The van der Waals surface area contributed by atoms with Crippen LogP contribution >= 0.6 is 0 Å². The molecule has 1 aromatic heterocycles. The molecule has 146 valence electrons. The first kappa shape index (κ1) is 20.7. The minimum Gasteiger partial charge on any atom is -0.494 e. The summed E-state index contributed by atoms with van der Waals surface area (Å²) in [6, 6.07) is 6.81. The Morgan fingerprint density at radius 1 is 1.15 bits per heavy atom. The van der Waals surface area contributed by atoms with E-state index in [1.165, 1.54) is 0 Å². The van der Waals surface area contributed by atoms with Crippen molar-refractivity contribution in [2.24, 2.45) is 5.92 Å². The van der Waals surface area contributed by atoms with Gasteiger partial charge < -0.3 is 9.47 Å². The van der Waals surface area contributed by atoms with Crippen LogP contribution < -0.4 is 4.74 Å². The molecule has 0 atom stereocenters. The molecule has 0 spiro atoms. The standard InChI is InChI=1S/C21H28N2O4/c1-6-26-18-9-7-17(8-10-18)20(24)13-27-21(25)11-19-15(4)22-23(16(19)5)12-14(2)3/h7-10,14H,6,11-13H2,1-5H3. The predicted molar refractivity (Wildman–Crippen MR) is 103 cm³/mol.